The molecule has 1 aliphatic heterocycles. The Morgan fingerprint density at radius 3 is 2.57 bits per heavy atom. The summed E-state index contributed by atoms with van der Waals surface area (Å²) in [6.07, 6.45) is 0. The Morgan fingerprint density at radius 1 is 1.36 bits per heavy atom. The molecule has 0 spiro atoms. The number of nitrogens with zero attached hydrogens (tertiary/aromatic N) is 1. The summed E-state index contributed by atoms with van der Waals surface area (Å²) in [6.45, 7) is 4.68. The minimum absolute atomic E-state index is 0.0237. The van der Waals surface area contributed by atoms with Crippen LogP contribution in [0.4, 0.5) is 0 Å². The van der Waals surface area contributed by atoms with E-state index in [0.29, 0.717) is 17.1 Å². The van der Waals surface area contributed by atoms with E-state index in [-0.39, 0.29) is 5.91 Å². The van der Waals surface area contributed by atoms with Crippen molar-refractivity contribution in [1.29, 1.82) is 0 Å². The van der Waals surface area contributed by atoms with Gasteiger partial charge in [0.1, 0.15) is 0 Å². The largest absolute Gasteiger partial charge is 0.337 e. The molecule has 3 heteroatoms. The first-order chi connectivity index (χ1) is 6.70. The molecule has 0 aliphatic carbocycles. The standard InChI is InChI=1S/C9H8ClNO.C2H6/c1-11-5-6-3-2-4-7(10)8(6)9(11)12;1-2/h2-4H,5H2,1H3;1-2H3. The zero-order valence-corrected chi connectivity index (χ0v) is 9.43. The number of fused-ring (bicyclic) bond motifs is 1. The van der Waals surface area contributed by atoms with Gasteiger partial charge in [-0.25, -0.2) is 0 Å². The fraction of sp³-hybridized carbons (Fsp3) is 0.364. The molecule has 0 N–H and O–H groups in total. The van der Waals surface area contributed by atoms with Gasteiger partial charge in [0.25, 0.3) is 5.91 Å². The minimum atomic E-state index is 0.0237. The lowest BCUT2D eigenvalue weighted by Gasteiger charge is -2.04. The number of carbonyl (C=O) groups is 1. The average Bonchev–Trinajstić information content (AvgIpc) is 2.47. The quantitative estimate of drug-likeness (QED) is 0.646. The van der Waals surface area contributed by atoms with E-state index in [1.165, 1.54) is 0 Å². The molecule has 0 bridgehead atoms. The summed E-state index contributed by atoms with van der Waals surface area (Å²) >= 11 is 5.88. The summed E-state index contributed by atoms with van der Waals surface area (Å²) in [7, 11) is 1.78. The zero-order chi connectivity index (χ0) is 10.7. The van der Waals surface area contributed by atoms with E-state index < -0.39 is 0 Å². The topological polar surface area (TPSA) is 20.3 Å². The van der Waals surface area contributed by atoms with Gasteiger partial charge in [0.2, 0.25) is 0 Å². The van der Waals surface area contributed by atoms with Crippen LogP contribution in [0.3, 0.4) is 0 Å². The van der Waals surface area contributed by atoms with E-state index in [4.69, 9.17) is 11.6 Å². The second-order valence-electron chi connectivity index (χ2n) is 2.94. The predicted octanol–water partition coefficient (Wildman–Crippen LogP) is 2.95. The van der Waals surface area contributed by atoms with Gasteiger partial charge < -0.3 is 4.90 Å². The molecule has 2 nitrogen and oxygen atoms in total. The first kappa shape index (κ1) is 11.1. The van der Waals surface area contributed by atoms with Crippen molar-refractivity contribution in [3.63, 3.8) is 0 Å². The maximum atomic E-state index is 11.5. The van der Waals surface area contributed by atoms with Gasteiger partial charge in [0.15, 0.2) is 0 Å². The van der Waals surface area contributed by atoms with Crippen molar-refractivity contribution in [3.8, 4) is 0 Å². The zero-order valence-electron chi connectivity index (χ0n) is 8.67. The van der Waals surface area contributed by atoms with Gasteiger partial charge in [-0.3, -0.25) is 4.79 Å². The highest BCUT2D eigenvalue weighted by Crippen LogP contribution is 2.27. The number of hydrogen-bond acceptors (Lipinski definition) is 1. The Balaban J connectivity index is 0.000000461. The SMILES string of the molecule is CC.CN1Cc2cccc(Cl)c2C1=O. The van der Waals surface area contributed by atoms with Crippen LogP contribution in [0.1, 0.15) is 29.8 Å². The molecular weight excluding hydrogens is 198 g/mol. The average molecular weight is 212 g/mol. The number of carbonyl (C=O) groups excluding carboxylic acids is 1. The van der Waals surface area contributed by atoms with E-state index in [0.717, 1.165) is 5.56 Å². The molecule has 14 heavy (non-hydrogen) atoms. The van der Waals surface area contributed by atoms with Crippen molar-refractivity contribution in [2.45, 2.75) is 20.4 Å². The van der Waals surface area contributed by atoms with Crippen LogP contribution in [0.15, 0.2) is 18.2 Å². The van der Waals surface area contributed by atoms with Crippen molar-refractivity contribution >= 4 is 17.5 Å². The number of rotatable bonds is 0. The van der Waals surface area contributed by atoms with Gasteiger partial charge >= 0.3 is 0 Å². The molecular formula is C11H14ClNO. The lowest BCUT2D eigenvalue weighted by Crippen LogP contribution is -2.17. The second-order valence-corrected chi connectivity index (χ2v) is 3.34. The van der Waals surface area contributed by atoms with E-state index in [9.17, 15) is 4.79 Å². The van der Waals surface area contributed by atoms with Gasteiger partial charge in [0.05, 0.1) is 10.6 Å². The van der Waals surface area contributed by atoms with Crippen LogP contribution in [-0.2, 0) is 6.54 Å². The number of benzene rings is 1. The maximum Gasteiger partial charge on any atom is 0.255 e. The van der Waals surface area contributed by atoms with Crippen LogP contribution in [0.25, 0.3) is 0 Å². The summed E-state index contributed by atoms with van der Waals surface area (Å²) in [6, 6.07) is 5.55. The third kappa shape index (κ3) is 1.75. The molecule has 0 unspecified atom stereocenters. The lowest BCUT2D eigenvalue weighted by molar-refractivity contribution is 0.0816. The van der Waals surface area contributed by atoms with Crippen LogP contribution in [0, 0.1) is 0 Å². The molecule has 1 heterocycles. The normalized spacial score (nSPS) is 13.4. The Morgan fingerprint density at radius 2 is 2.00 bits per heavy atom. The minimum Gasteiger partial charge on any atom is -0.337 e. The third-order valence-corrected chi connectivity index (χ3v) is 2.38. The molecule has 0 saturated heterocycles. The number of halogens is 1. The van der Waals surface area contributed by atoms with Crippen LogP contribution >= 0.6 is 11.6 Å². The van der Waals surface area contributed by atoms with Crippen LogP contribution in [0.2, 0.25) is 5.02 Å². The van der Waals surface area contributed by atoms with Gasteiger partial charge in [0, 0.05) is 13.6 Å². The summed E-state index contributed by atoms with van der Waals surface area (Å²) in [5, 5.41) is 0.557. The maximum absolute atomic E-state index is 11.5. The van der Waals surface area contributed by atoms with Gasteiger partial charge in [-0.05, 0) is 11.6 Å². The Bertz CT molecular complexity index is 349. The first-order valence-electron chi connectivity index (χ1n) is 4.73. The third-order valence-electron chi connectivity index (χ3n) is 2.07. The molecule has 0 saturated carbocycles. The smallest absolute Gasteiger partial charge is 0.255 e. The highest BCUT2D eigenvalue weighted by molar-refractivity contribution is 6.34. The van der Waals surface area contributed by atoms with Crippen molar-refractivity contribution in [3.05, 3.63) is 34.3 Å². The summed E-state index contributed by atoms with van der Waals surface area (Å²) in [5.74, 6) is 0.0237. The fourth-order valence-electron chi connectivity index (χ4n) is 1.46. The molecule has 0 atom stereocenters. The fourth-order valence-corrected chi connectivity index (χ4v) is 1.73. The van der Waals surface area contributed by atoms with E-state index in [1.54, 1.807) is 18.0 Å². The van der Waals surface area contributed by atoms with Crippen molar-refractivity contribution in [1.82, 2.24) is 4.90 Å². The molecule has 0 aromatic heterocycles. The monoisotopic (exact) mass is 211 g/mol. The van der Waals surface area contributed by atoms with Gasteiger partial charge in [-0.15, -0.1) is 0 Å². The highest BCUT2D eigenvalue weighted by Gasteiger charge is 2.26. The molecule has 0 fully saturated rings. The Kier molecular flexibility index (Phi) is 3.53. The summed E-state index contributed by atoms with van der Waals surface area (Å²) in [5.41, 5.74) is 1.69. The molecule has 0 radical (unpaired) electrons. The molecule has 1 aromatic rings. The Labute approximate surface area is 89.5 Å². The van der Waals surface area contributed by atoms with Crippen molar-refractivity contribution in [2.24, 2.45) is 0 Å². The highest BCUT2D eigenvalue weighted by atomic mass is 35.5. The van der Waals surface area contributed by atoms with Crippen LogP contribution in [-0.4, -0.2) is 17.9 Å². The van der Waals surface area contributed by atoms with Crippen LogP contribution < -0.4 is 0 Å². The Hall–Kier alpha value is -1.02. The second kappa shape index (κ2) is 4.47. The molecule has 1 amide bonds. The van der Waals surface area contributed by atoms with Crippen molar-refractivity contribution in [2.75, 3.05) is 7.05 Å². The lowest BCUT2D eigenvalue weighted by atomic mass is 10.1. The van der Waals surface area contributed by atoms with Gasteiger partial charge in [-0.1, -0.05) is 37.6 Å². The van der Waals surface area contributed by atoms with E-state index in [1.807, 2.05) is 26.0 Å². The van der Waals surface area contributed by atoms with Gasteiger partial charge in [-0.2, -0.15) is 0 Å². The first-order valence-corrected chi connectivity index (χ1v) is 5.11. The summed E-state index contributed by atoms with van der Waals surface area (Å²) < 4.78 is 0. The van der Waals surface area contributed by atoms with Crippen molar-refractivity contribution < 1.29 is 4.79 Å². The summed E-state index contributed by atoms with van der Waals surface area (Å²) in [4.78, 5) is 13.1. The van der Waals surface area contributed by atoms with E-state index in [2.05, 4.69) is 0 Å². The van der Waals surface area contributed by atoms with Crippen LogP contribution in [0.5, 0.6) is 0 Å². The number of hydrogen-bond donors (Lipinski definition) is 0. The molecule has 1 aromatic carbocycles. The number of amides is 1. The molecule has 76 valence electrons. The molecule has 2 rings (SSSR count). The predicted molar refractivity (Wildman–Crippen MR) is 58.6 cm³/mol. The molecule has 1 aliphatic rings. The van der Waals surface area contributed by atoms with E-state index >= 15 is 0 Å².